The molecule has 0 saturated carbocycles. The van der Waals surface area contributed by atoms with Crippen molar-refractivity contribution in [2.45, 2.75) is 6.92 Å². The summed E-state index contributed by atoms with van der Waals surface area (Å²) in [5, 5.41) is 0.745. The number of hydrogen-bond acceptors (Lipinski definition) is 0. The molecule has 0 nitrogen and oxygen atoms in total. The molecular formula is C17H15Cl. The molecule has 0 heterocycles. The maximum absolute atomic E-state index is 5.86. The largest absolute Gasteiger partial charge is 0.0912 e. The Morgan fingerprint density at radius 1 is 1.00 bits per heavy atom. The lowest BCUT2D eigenvalue weighted by atomic mass is 10.1. The molecule has 0 radical (unpaired) electrons. The number of aryl methyl sites for hydroxylation is 1. The van der Waals surface area contributed by atoms with Crippen LogP contribution in [0.15, 0.2) is 61.2 Å². The summed E-state index contributed by atoms with van der Waals surface area (Å²) in [5.74, 6) is 0. The van der Waals surface area contributed by atoms with E-state index in [0.29, 0.717) is 0 Å². The standard InChI is InChI=1S/C17H15Cl/c1-13-3-6-15(7-4-13)8-5-14(2)16-9-11-17(18)12-10-16/h3-12H,2H2,1H3/b8-5+. The Labute approximate surface area is 113 Å². The second kappa shape index (κ2) is 5.70. The van der Waals surface area contributed by atoms with Gasteiger partial charge in [0, 0.05) is 5.02 Å². The summed E-state index contributed by atoms with van der Waals surface area (Å²) in [6.07, 6.45) is 4.09. The van der Waals surface area contributed by atoms with Crippen LogP contribution in [-0.2, 0) is 0 Å². The van der Waals surface area contributed by atoms with Crippen LogP contribution in [0.25, 0.3) is 11.6 Å². The summed E-state index contributed by atoms with van der Waals surface area (Å²) in [7, 11) is 0. The van der Waals surface area contributed by atoms with Crippen molar-refractivity contribution in [1.29, 1.82) is 0 Å². The van der Waals surface area contributed by atoms with Crippen LogP contribution < -0.4 is 0 Å². The monoisotopic (exact) mass is 254 g/mol. The number of hydrogen-bond donors (Lipinski definition) is 0. The Kier molecular flexibility index (Phi) is 4.01. The molecule has 0 aliphatic rings. The summed E-state index contributed by atoms with van der Waals surface area (Å²) in [6, 6.07) is 16.1. The quantitative estimate of drug-likeness (QED) is 0.646. The predicted octanol–water partition coefficient (Wildman–Crippen LogP) is 5.38. The first-order valence-electron chi connectivity index (χ1n) is 5.85. The molecule has 0 aliphatic heterocycles. The van der Waals surface area contributed by atoms with E-state index in [4.69, 9.17) is 11.6 Å². The lowest BCUT2D eigenvalue weighted by molar-refractivity contribution is 1.46. The average Bonchev–Trinajstić information content (AvgIpc) is 2.38. The maximum Gasteiger partial charge on any atom is 0.0406 e. The van der Waals surface area contributed by atoms with E-state index in [0.717, 1.165) is 16.2 Å². The molecule has 1 heteroatoms. The van der Waals surface area contributed by atoms with Gasteiger partial charge in [-0.15, -0.1) is 0 Å². The summed E-state index contributed by atoms with van der Waals surface area (Å²) in [4.78, 5) is 0. The third kappa shape index (κ3) is 3.35. The van der Waals surface area contributed by atoms with Crippen LogP contribution in [0.2, 0.25) is 5.02 Å². The van der Waals surface area contributed by atoms with Gasteiger partial charge in [-0.05, 0) is 35.8 Å². The summed E-state index contributed by atoms with van der Waals surface area (Å²) in [5.41, 5.74) is 4.51. The zero-order valence-electron chi connectivity index (χ0n) is 10.4. The van der Waals surface area contributed by atoms with E-state index in [1.165, 1.54) is 11.1 Å². The molecule has 2 aromatic carbocycles. The van der Waals surface area contributed by atoms with E-state index < -0.39 is 0 Å². The minimum absolute atomic E-state index is 0.745. The first-order chi connectivity index (χ1) is 8.65. The van der Waals surface area contributed by atoms with Crippen molar-refractivity contribution in [2.24, 2.45) is 0 Å². The van der Waals surface area contributed by atoms with Crippen molar-refractivity contribution in [2.75, 3.05) is 0 Å². The molecule has 0 fully saturated rings. The van der Waals surface area contributed by atoms with Crippen molar-refractivity contribution in [3.63, 3.8) is 0 Å². The number of rotatable bonds is 3. The molecule has 0 atom stereocenters. The van der Waals surface area contributed by atoms with Crippen LogP contribution in [0.5, 0.6) is 0 Å². The van der Waals surface area contributed by atoms with E-state index in [1.807, 2.05) is 30.3 Å². The van der Waals surface area contributed by atoms with Gasteiger partial charge in [0.25, 0.3) is 0 Å². The van der Waals surface area contributed by atoms with E-state index in [1.54, 1.807) is 0 Å². The van der Waals surface area contributed by atoms with Gasteiger partial charge < -0.3 is 0 Å². The molecule has 0 aliphatic carbocycles. The molecule has 2 aromatic rings. The lowest BCUT2D eigenvalue weighted by Crippen LogP contribution is -1.78. The fourth-order valence-electron chi connectivity index (χ4n) is 1.63. The van der Waals surface area contributed by atoms with Gasteiger partial charge in [-0.3, -0.25) is 0 Å². The van der Waals surface area contributed by atoms with Crippen molar-refractivity contribution in [3.8, 4) is 0 Å². The van der Waals surface area contributed by atoms with Gasteiger partial charge in [0.1, 0.15) is 0 Å². The molecule has 18 heavy (non-hydrogen) atoms. The Bertz CT molecular complexity index is 560. The molecule has 0 aromatic heterocycles. The number of benzene rings is 2. The highest BCUT2D eigenvalue weighted by Crippen LogP contribution is 2.18. The molecule has 0 amide bonds. The van der Waals surface area contributed by atoms with Gasteiger partial charge >= 0.3 is 0 Å². The average molecular weight is 255 g/mol. The molecule has 0 saturated heterocycles. The Morgan fingerprint density at radius 3 is 2.22 bits per heavy atom. The maximum atomic E-state index is 5.86. The third-order valence-electron chi connectivity index (χ3n) is 2.77. The molecule has 0 bridgehead atoms. The van der Waals surface area contributed by atoms with Crippen LogP contribution in [0.4, 0.5) is 0 Å². The zero-order chi connectivity index (χ0) is 13.0. The van der Waals surface area contributed by atoms with Crippen molar-refractivity contribution < 1.29 is 0 Å². The Balaban J connectivity index is 2.11. The highest BCUT2D eigenvalue weighted by atomic mass is 35.5. The Morgan fingerprint density at radius 2 is 1.61 bits per heavy atom. The first-order valence-corrected chi connectivity index (χ1v) is 6.22. The van der Waals surface area contributed by atoms with Crippen molar-refractivity contribution >= 4 is 23.3 Å². The highest BCUT2D eigenvalue weighted by molar-refractivity contribution is 6.30. The SMILES string of the molecule is C=C(/C=C/c1ccc(C)cc1)c1ccc(Cl)cc1. The first kappa shape index (κ1) is 12.7. The smallest absolute Gasteiger partial charge is 0.0406 e. The normalized spacial score (nSPS) is 10.8. The van der Waals surface area contributed by atoms with E-state index in [9.17, 15) is 0 Å². The second-order valence-corrected chi connectivity index (χ2v) is 4.71. The van der Waals surface area contributed by atoms with Crippen LogP contribution in [0.1, 0.15) is 16.7 Å². The molecular weight excluding hydrogens is 240 g/mol. The van der Waals surface area contributed by atoms with Crippen LogP contribution in [0, 0.1) is 6.92 Å². The summed E-state index contributed by atoms with van der Waals surface area (Å²) >= 11 is 5.86. The molecule has 0 unspecified atom stereocenters. The number of allylic oxidation sites excluding steroid dienone is 2. The lowest BCUT2D eigenvalue weighted by Gasteiger charge is -2.01. The van der Waals surface area contributed by atoms with Crippen LogP contribution in [-0.4, -0.2) is 0 Å². The van der Waals surface area contributed by atoms with Gasteiger partial charge in [0.05, 0.1) is 0 Å². The Hall–Kier alpha value is -1.79. The summed E-state index contributed by atoms with van der Waals surface area (Å²) < 4.78 is 0. The second-order valence-electron chi connectivity index (χ2n) is 4.28. The fraction of sp³-hybridized carbons (Fsp3) is 0.0588. The topological polar surface area (TPSA) is 0 Å². The van der Waals surface area contributed by atoms with Gasteiger partial charge in [-0.25, -0.2) is 0 Å². The van der Waals surface area contributed by atoms with Gasteiger partial charge in [-0.2, -0.15) is 0 Å². The fourth-order valence-corrected chi connectivity index (χ4v) is 1.76. The molecule has 2 rings (SSSR count). The summed E-state index contributed by atoms with van der Waals surface area (Å²) in [6.45, 7) is 6.14. The van der Waals surface area contributed by atoms with Crippen molar-refractivity contribution in [1.82, 2.24) is 0 Å². The van der Waals surface area contributed by atoms with Gasteiger partial charge in [0.2, 0.25) is 0 Å². The number of halogens is 1. The van der Waals surface area contributed by atoms with E-state index in [-0.39, 0.29) is 0 Å². The third-order valence-corrected chi connectivity index (χ3v) is 3.02. The molecule has 0 spiro atoms. The minimum Gasteiger partial charge on any atom is -0.0912 e. The van der Waals surface area contributed by atoms with Crippen LogP contribution >= 0.6 is 11.6 Å². The van der Waals surface area contributed by atoms with Crippen LogP contribution in [0.3, 0.4) is 0 Å². The minimum atomic E-state index is 0.745. The zero-order valence-corrected chi connectivity index (χ0v) is 11.1. The highest BCUT2D eigenvalue weighted by Gasteiger charge is 1.95. The molecule has 0 N–H and O–H groups in total. The predicted molar refractivity (Wildman–Crippen MR) is 80.7 cm³/mol. The van der Waals surface area contributed by atoms with Gasteiger partial charge in [0.15, 0.2) is 0 Å². The molecule has 90 valence electrons. The van der Waals surface area contributed by atoms with E-state index >= 15 is 0 Å². The van der Waals surface area contributed by atoms with Crippen molar-refractivity contribution in [3.05, 3.63) is 82.9 Å². The van der Waals surface area contributed by atoms with E-state index in [2.05, 4.69) is 43.8 Å². The van der Waals surface area contributed by atoms with Gasteiger partial charge in [-0.1, -0.05) is 72.3 Å².